The van der Waals surface area contributed by atoms with Gasteiger partial charge in [0.05, 0.1) is 11.6 Å². The highest BCUT2D eigenvalue weighted by Crippen LogP contribution is 2.28. The molecule has 112 valence electrons. The average Bonchev–Trinajstić information content (AvgIpc) is 2.38. The van der Waals surface area contributed by atoms with E-state index in [0.717, 1.165) is 25.9 Å². The summed E-state index contributed by atoms with van der Waals surface area (Å²) < 4.78 is 5.85. The third kappa shape index (κ3) is 5.91. The second kappa shape index (κ2) is 8.54. The van der Waals surface area contributed by atoms with E-state index in [9.17, 15) is 4.79 Å². The second-order valence-electron chi connectivity index (χ2n) is 5.88. The molecule has 1 amide bonds. The molecule has 0 aliphatic heterocycles. The van der Waals surface area contributed by atoms with Crippen molar-refractivity contribution in [1.82, 2.24) is 0 Å². The molecule has 2 unspecified atom stereocenters. The van der Waals surface area contributed by atoms with Gasteiger partial charge in [0.25, 0.3) is 0 Å². The van der Waals surface area contributed by atoms with E-state index in [0.29, 0.717) is 12.8 Å². The molecule has 0 bridgehead atoms. The van der Waals surface area contributed by atoms with E-state index >= 15 is 0 Å². The molecule has 4 N–H and O–H groups in total. The molecule has 4 heteroatoms. The van der Waals surface area contributed by atoms with E-state index in [1.54, 1.807) is 0 Å². The monoisotopic (exact) mass is 270 g/mol. The number of nitrogens with two attached hydrogens (primary N) is 2. The number of primary amides is 1. The highest BCUT2D eigenvalue weighted by molar-refractivity contribution is 5.84. The standard InChI is InChI=1S/C15H30N2O2/c1-2-3-4-5-6-7-11-19-13-9-8-10-15(17,12-13)14(16)18/h13H,2-12,17H2,1H3,(H2,16,18). The Labute approximate surface area is 117 Å². The molecule has 0 heterocycles. The van der Waals surface area contributed by atoms with E-state index in [1.807, 2.05) is 0 Å². The fourth-order valence-corrected chi connectivity index (χ4v) is 2.75. The molecule has 1 fully saturated rings. The first kappa shape index (κ1) is 16.4. The number of carbonyl (C=O) groups excluding carboxylic acids is 1. The molecule has 0 spiro atoms. The van der Waals surface area contributed by atoms with Crippen LogP contribution in [0, 0.1) is 0 Å². The predicted octanol–water partition coefficient (Wildman–Crippen LogP) is 2.49. The minimum absolute atomic E-state index is 0.113. The van der Waals surface area contributed by atoms with Crippen LogP contribution in [-0.2, 0) is 9.53 Å². The SMILES string of the molecule is CCCCCCCCOC1CCCC(N)(C(N)=O)C1. The lowest BCUT2D eigenvalue weighted by Crippen LogP contribution is -2.56. The molecule has 0 saturated heterocycles. The molecule has 19 heavy (non-hydrogen) atoms. The van der Waals surface area contributed by atoms with Crippen LogP contribution < -0.4 is 11.5 Å². The molecule has 0 aromatic heterocycles. The predicted molar refractivity (Wildman–Crippen MR) is 77.7 cm³/mol. The highest BCUT2D eigenvalue weighted by atomic mass is 16.5. The van der Waals surface area contributed by atoms with Crippen LogP contribution in [0.3, 0.4) is 0 Å². The molecule has 0 radical (unpaired) electrons. The first-order valence-electron chi connectivity index (χ1n) is 7.79. The second-order valence-corrected chi connectivity index (χ2v) is 5.88. The molecular weight excluding hydrogens is 240 g/mol. The smallest absolute Gasteiger partial charge is 0.237 e. The molecule has 0 aromatic rings. The van der Waals surface area contributed by atoms with Crippen LogP contribution in [-0.4, -0.2) is 24.2 Å². The third-order valence-electron chi connectivity index (χ3n) is 4.08. The van der Waals surface area contributed by atoms with Crippen molar-refractivity contribution in [2.24, 2.45) is 11.5 Å². The van der Waals surface area contributed by atoms with Gasteiger partial charge in [0.2, 0.25) is 5.91 Å². The van der Waals surface area contributed by atoms with Gasteiger partial charge in [-0.1, -0.05) is 39.0 Å². The Hall–Kier alpha value is -0.610. The van der Waals surface area contributed by atoms with E-state index < -0.39 is 5.54 Å². The van der Waals surface area contributed by atoms with Crippen LogP contribution >= 0.6 is 0 Å². The van der Waals surface area contributed by atoms with Gasteiger partial charge in [0.15, 0.2) is 0 Å². The molecule has 1 saturated carbocycles. The normalized spacial score (nSPS) is 27.4. The van der Waals surface area contributed by atoms with Crippen LogP contribution in [0.25, 0.3) is 0 Å². The summed E-state index contributed by atoms with van der Waals surface area (Å²) in [7, 11) is 0. The number of amides is 1. The number of unbranched alkanes of at least 4 members (excludes halogenated alkanes) is 5. The highest BCUT2D eigenvalue weighted by Gasteiger charge is 2.38. The Morgan fingerprint density at radius 2 is 1.95 bits per heavy atom. The molecule has 2 atom stereocenters. The average molecular weight is 270 g/mol. The van der Waals surface area contributed by atoms with Gasteiger partial charge in [-0.05, 0) is 25.7 Å². The van der Waals surface area contributed by atoms with Gasteiger partial charge in [-0.2, -0.15) is 0 Å². The summed E-state index contributed by atoms with van der Waals surface area (Å²) in [5.41, 5.74) is 10.5. The summed E-state index contributed by atoms with van der Waals surface area (Å²) >= 11 is 0. The van der Waals surface area contributed by atoms with E-state index in [1.165, 1.54) is 32.1 Å². The molecule has 1 aliphatic carbocycles. The Kier molecular flexibility index (Phi) is 7.39. The van der Waals surface area contributed by atoms with Crippen molar-refractivity contribution in [1.29, 1.82) is 0 Å². The Balaban J connectivity index is 2.11. The molecule has 0 aromatic carbocycles. The Bertz CT molecular complexity index is 271. The minimum atomic E-state index is -0.843. The summed E-state index contributed by atoms with van der Waals surface area (Å²) in [6.45, 7) is 3.01. The zero-order chi connectivity index (χ0) is 14.1. The van der Waals surface area contributed by atoms with Crippen LogP contribution in [0.15, 0.2) is 0 Å². The first-order chi connectivity index (χ1) is 9.08. The van der Waals surface area contributed by atoms with Gasteiger partial charge in [0, 0.05) is 13.0 Å². The number of hydrogen-bond donors (Lipinski definition) is 2. The number of hydrogen-bond acceptors (Lipinski definition) is 3. The summed E-state index contributed by atoms with van der Waals surface area (Å²) in [5, 5.41) is 0. The fourth-order valence-electron chi connectivity index (χ4n) is 2.75. The minimum Gasteiger partial charge on any atom is -0.378 e. The maximum Gasteiger partial charge on any atom is 0.237 e. The maximum absolute atomic E-state index is 11.3. The van der Waals surface area contributed by atoms with Gasteiger partial charge in [0.1, 0.15) is 0 Å². The fraction of sp³-hybridized carbons (Fsp3) is 0.933. The zero-order valence-electron chi connectivity index (χ0n) is 12.3. The number of ether oxygens (including phenoxy) is 1. The summed E-state index contributed by atoms with van der Waals surface area (Å²) in [5.74, 6) is -0.389. The lowest BCUT2D eigenvalue weighted by atomic mass is 9.80. The maximum atomic E-state index is 11.3. The molecule has 1 aliphatic rings. The zero-order valence-corrected chi connectivity index (χ0v) is 12.3. The molecule has 1 rings (SSSR count). The number of rotatable bonds is 9. The third-order valence-corrected chi connectivity index (χ3v) is 4.08. The van der Waals surface area contributed by atoms with Gasteiger partial charge in [-0.25, -0.2) is 0 Å². The Morgan fingerprint density at radius 1 is 1.26 bits per heavy atom. The summed E-state index contributed by atoms with van der Waals surface area (Å²) in [6.07, 6.45) is 10.9. The van der Waals surface area contributed by atoms with E-state index in [2.05, 4.69) is 6.92 Å². The van der Waals surface area contributed by atoms with Crippen molar-refractivity contribution >= 4 is 5.91 Å². The molecule has 4 nitrogen and oxygen atoms in total. The van der Waals surface area contributed by atoms with E-state index in [-0.39, 0.29) is 12.0 Å². The van der Waals surface area contributed by atoms with Crippen LogP contribution in [0.1, 0.15) is 71.1 Å². The number of carbonyl (C=O) groups is 1. The quantitative estimate of drug-likeness (QED) is 0.632. The van der Waals surface area contributed by atoms with Crippen LogP contribution in [0.5, 0.6) is 0 Å². The van der Waals surface area contributed by atoms with Gasteiger partial charge >= 0.3 is 0 Å². The van der Waals surface area contributed by atoms with Crippen molar-refractivity contribution in [2.75, 3.05) is 6.61 Å². The van der Waals surface area contributed by atoms with Gasteiger partial charge in [-0.3, -0.25) is 4.79 Å². The van der Waals surface area contributed by atoms with Crippen molar-refractivity contribution in [3.05, 3.63) is 0 Å². The molecular formula is C15H30N2O2. The van der Waals surface area contributed by atoms with E-state index in [4.69, 9.17) is 16.2 Å². The van der Waals surface area contributed by atoms with Gasteiger partial charge in [-0.15, -0.1) is 0 Å². The summed E-state index contributed by atoms with van der Waals surface area (Å²) in [4.78, 5) is 11.3. The van der Waals surface area contributed by atoms with Crippen molar-refractivity contribution < 1.29 is 9.53 Å². The van der Waals surface area contributed by atoms with Crippen LogP contribution in [0.4, 0.5) is 0 Å². The summed E-state index contributed by atoms with van der Waals surface area (Å²) in [6, 6.07) is 0. The Morgan fingerprint density at radius 3 is 2.63 bits per heavy atom. The first-order valence-corrected chi connectivity index (χ1v) is 7.79. The van der Waals surface area contributed by atoms with Crippen molar-refractivity contribution in [3.63, 3.8) is 0 Å². The largest absolute Gasteiger partial charge is 0.378 e. The lowest BCUT2D eigenvalue weighted by Gasteiger charge is -2.35. The van der Waals surface area contributed by atoms with Gasteiger partial charge < -0.3 is 16.2 Å². The topological polar surface area (TPSA) is 78.3 Å². The van der Waals surface area contributed by atoms with Crippen molar-refractivity contribution in [3.8, 4) is 0 Å². The van der Waals surface area contributed by atoms with Crippen molar-refractivity contribution in [2.45, 2.75) is 82.8 Å². The van der Waals surface area contributed by atoms with Crippen LogP contribution in [0.2, 0.25) is 0 Å². The lowest BCUT2D eigenvalue weighted by molar-refractivity contribution is -0.126.